The maximum atomic E-state index is 12.6. The number of ether oxygens (including phenoxy) is 2. The van der Waals surface area contributed by atoms with Gasteiger partial charge >= 0.3 is 5.97 Å². The highest BCUT2D eigenvalue weighted by atomic mass is 35.5. The lowest BCUT2D eigenvalue weighted by Gasteiger charge is -2.22. The number of halogens is 1. The molecule has 1 heterocycles. The Kier molecular flexibility index (Phi) is 5.25. The number of Topliss-reactive ketones (excluding diaryl/α,β-unsaturated/α-hetero) is 1. The third kappa shape index (κ3) is 3.62. The van der Waals surface area contributed by atoms with Crippen molar-refractivity contribution in [1.29, 1.82) is 0 Å². The third-order valence-corrected chi connectivity index (χ3v) is 4.81. The van der Waals surface area contributed by atoms with Crippen LogP contribution < -0.4 is 0 Å². The minimum absolute atomic E-state index is 0.0471. The van der Waals surface area contributed by atoms with Crippen molar-refractivity contribution in [3.8, 4) is 0 Å². The van der Waals surface area contributed by atoms with Gasteiger partial charge in [-0.15, -0.1) is 0 Å². The zero-order chi connectivity index (χ0) is 18.0. The van der Waals surface area contributed by atoms with Crippen LogP contribution in [0.1, 0.15) is 50.0 Å². The molecule has 0 unspecified atom stereocenters. The van der Waals surface area contributed by atoms with E-state index in [0.717, 1.165) is 11.3 Å². The first-order valence-corrected chi connectivity index (χ1v) is 8.55. The topological polar surface area (TPSA) is 68.4 Å². The Hall–Kier alpha value is -2.11. The highest BCUT2D eigenvalue weighted by molar-refractivity contribution is 6.30. The Morgan fingerprint density at radius 2 is 1.96 bits per heavy atom. The fourth-order valence-electron chi connectivity index (χ4n) is 3.30. The van der Waals surface area contributed by atoms with Gasteiger partial charge in [0.15, 0.2) is 5.78 Å². The van der Waals surface area contributed by atoms with E-state index < -0.39 is 5.97 Å². The quantitative estimate of drug-likeness (QED) is 0.651. The van der Waals surface area contributed by atoms with Crippen molar-refractivity contribution in [1.82, 2.24) is 4.98 Å². The zero-order valence-corrected chi connectivity index (χ0v) is 15.0. The van der Waals surface area contributed by atoms with E-state index in [-0.39, 0.29) is 18.3 Å². The molecule has 0 amide bonds. The van der Waals surface area contributed by atoms with Crippen LogP contribution in [0.3, 0.4) is 0 Å². The second-order valence-corrected chi connectivity index (χ2v) is 6.62. The number of hydrogen-bond acceptors (Lipinski definition) is 4. The first kappa shape index (κ1) is 17.7. The van der Waals surface area contributed by atoms with Gasteiger partial charge in [0, 0.05) is 29.8 Å². The summed E-state index contributed by atoms with van der Waals surface area (Å²) in [7, 11) is 1.54. The molecule has 0 radical (unpaired) electrons. The molecular weight excluding hydrogens is 342 g/mol. The normalized spacial score (nSPS) is 16.6. The molecule has 25 heavy (non-hydrogen) atoms. The molecule has 0 aliphatic heterocycles. The lowest BCUT2D eigenvalue weighted by atomic mass is 9.81. The summed E-state index contributed by atoms with van der Waals surface area (Å²) < 4.78 is 10.0. The lowest BCUT2D eigenvalue weighted by molar-refractivity contribution is 0.0381. The molecule has 1 N–H and O–H groups in total. The molecule has 1 aromatic carbocycles. The van der Waals surface area contributed by atoms with Crippen LogP contribution in [0.15, 0.2) is 24.3 Å². The van der Waals surface area contributed by atoms with Gasteiger partial charge < -0.3 is 14.5 Å². The Morgan fingerprint density at radius 1 is 1.24 bits per heavy atom. The van der Waals surface area contributed by atoms with Gasteiger partial charge in [-0.1, -0.05) is 23.7 Å². The first-order valence-electron chi connectivity index (χ1n) is 8.17. The van der Waals surface area contributed by atoms with Gasteiger partial charge in [0.1, 0.15) is 12.3 Å². The molecule has 0 saturated carbocycles. The summed E-state index contributed by atoms with van der Waals surface area (Å²) in [6.07, 6.45) is 1.10. The number of esters is 1. The number of benzene rings is 1. The van der Waals surface area contributed by atoms with Gasteiger partial charge in [0.2, 0.25) is 0 Å². The summed E-state index contributed by atoms with van der Waals surface area (Å²) in [4.78, 5) is 28.0. The van der Waals surface area contributed by atoms with Gasteiger partial charge in [-0.3, -0.25) is 4.79 Å². The minimum Gasteiger partial charge on any atom is -0.459 e. The van der Waals surface area contributed by atoms with Crippen LogP contribution in [-0.4, -0.2) is 37.1 Å². The molecule has 0 fully saturated rings. The fraction of sp³-hybridized carbons (Fsp3) is 0.368. The van der Waals surface area contributed by atoms with Crippen molar-refractivity contribution in [3.05, 3.63) is 57.4 Å². The van der Waals surface area contributed by atoms with E-state index in [1.165, 1.54) is 0 Å². The number of H-pyrrole nitrogens is 1. The van der Waals surface area contributed by atoms with E-state index in [1.807, 2.05) is 24.3 Å². The summed E-state index contributed by atoms with van der Waals surface area (Å²) in [6.45, 7) is 2.30. The Balaban J connectivity index is 1.84. The van der Waals surface area contributed by atoms with Crippen LogP contribution in [0.5, 0.6) is 0 Å². The average molecular weight is 362 g/mol. The predicted octanol–water partition coefficient (Wildman–Crippen LogP) is 3.69. The number of rotatable bonds is 5. The number of nitrogens with one attached hydrogen (secondary N) is 1. The summed E-state index contributed by atoms with van der Waals surface area (Å²) in [5, 5.41) is 0.670. The van der Waals surface area contributed by atoms with Crippen LogP contribution >= 0.6 is 11.6 Å². The SMILES string of the molecule is COCCOC(=O)c1[nH]c2c(c1C)C(=O)C[C@@H](c1ccc(Cl)cc1)C2. The van der Waals surface area contributed by atoms with Gasteiger partial charge in [0.25, 0.3) is 0 Å². The van der Waals surface area contributed by atoms with Crippen molar-refractivity contribution in [2.75, 3.05) is 20.3 Å². The molecule has 3 rings (SSSR count). The number of ketones is 1. The van der Waals surface area contributed by atoms with E-state index in [1.54, 1.807) is 14.0 Å². The van der Waals surface area contributed by atoms with Crippen LogP contribution in [0.25, 0.3) is 0 Å². The van der Waals surface area contributed by atoms with E-state index in [9.17, 15) is 9.59 Å². The molecule has 0 spiro atoms. The maximum Gasteiger partial charge on any atom is 0.355 e. The van der Waals surface area contributed by atoms with Crippen molar-refractivity contribution >= 4 is 23.4 Å². The summed E-state index contributed by atoms with van der Waals surface area (Å²) in [5.74, 6) is -0.335. The monoisotopic (exact) mass is 361 g/mol. The Morgan fingerprint density at radius 3 is 2.64 bits per heavy atom. The van der Waals surface area contributed by atoms with Crippen LogP contribution in [0, 0.1) is 6.92 Å². The number of carbonyl (C=O) groups is 2. The van der Waals surface area contributed by atoms with Crippen molar-refractivity contribution in [2.45, 2.75) is 25.7 Å². The Bertz CT molecular complexity index is 795. The molecule has 0 bridgehead atoms. The highest BCUT2D eigenvalue weighted by Gasteiger charge is 2.32. The smallest absolute Gasteiger partial charge is 0.355 e. The number of carbonyl (C=O) groups excluding carboxylic acids is 2. The number of aromatic amines is 1. The van der Waals surface area contributed by atoms with Crippen molar-refractivity contribution in [3.63, 3.8) is 0 Å². The molecule has 6 heteroatoms. The van der Waals surface area contributed by atoms with E-state index in [4.69, 9.17) is 21.1 Å². The standard InChI is InChI=1S/C19H20ClNO4/c1-11-17-15(21-18(11)19(23)25-8-7-24-2)9-13(10-16(17)22)12-3-5-14(20)6-4-12/h3-6,13,21H,7-10H2,1-2H3/t13-/m0/s1. The largest absolute Gasteiger partial charge is 0.459 e. The number of aromatic nitrogens is 1. The first-order chi connectivity index (χ1) is 12.0. The molecule has 1 aliphatic carbocycles. The average Bonchev–Trinajstić information content (AvgIpc) is 2.93. The maximum absolute atomic E-state index is 12.6. The summed E-state index contributed by atoms with van der Waals surface area (Å²) in [6, 6.07) is 7.55. The highest BCUT2D eigenvalue weighted by Crippen LogP contribution is 2.35. The lowest BCUT2D eigenvalue weighted by Crippen LogP contribution is -2.18. The minimum atomic E-state index is -0.459. The van der Waals surface area contributed by atoms with Gasteiger partial charge in [0.05, 0.1) is 6.61 Å². The van der Waals surface area contributed by atoms with Gasteiger partial charge in [-0.25, -0.2) is 4.79 Å². The van der Waals surface area contributed by atoms with E-state index in [2.05, 4.69) is 4.98 Å². The molecule has 2 aromatic rings. The molecule has 5 nitrogen and oxygen atoms in total. The number of fused-ring (bicyclic) bond motifs is 1. The second kappa shape index (κ2) is 7.42. The van der Waals surface area contributed by atoms with E-state index >= 15 is 0 Å². The van der Waals surface area contributed by atoms with Crippen LogP contribution in [0.2, 0.25) is 5.02 Å². The molecular formula is C19H20ClNO4. The second-order valence-electron chi connectivity index (χ2n) is 6.19. The fourth-order valence-corrected chi connectivity index (χ4v) is 3.42. The molecule has 1 aromatic heterocycles. The molecule has 1 atom stereocenters. The number of hydrogen-bond donors (Lipinski definition) is 1. The van der Waals surface area contributed by atoms with E-state index in [0.29, 0.717) is 41.3 Å². The van der Waals surface area contributed by atoms with Crippen molar-refractivity contribution < 1.29 is 19.1 Å². The summed E-state index contributed by atoms with van der Waals surface area (Å²) >= 11 is 5.94. The predicted molar refractivity (Wildman–Crippen MR) is 94.5 cm³/mol. The van der Waals surface area contributed by atoms with Gasteiger partial charge in [-0.05, 0) is 42.5 Å². The molecule has 0 saturated heterocycles. The molecule has 132 valence electrons. The van der Waals surface area contributed by atoms with Crippen LogP contribution in [-0.2, 0) is 15.9 Å². The van der Waals surface area contributed by atoms with Crippen LogP contribution in [0.4, 0.5) is 0 Å². The summed E-state index contributed by atoms with van der Waals surface area (Å²) in [5.41, 5.74) is 3.51. The Labute approximate surface area is 151 Å². The molecule has 1 aliphatic rings. The van der Waals surface area contributed by atoms with Crippen molar-refractivity contribution in [2.24, 2.45) is 0 Å². The third-order valence-electron chi connectivity index (χ3n) is 4.55. The van der Waals surface area contributed by atoms with Gasteiger partial charge in [-0.2, -0.15) is 0 Å². The number of methoxy groups -OCH3 is 1. The zero-order valence-electron chi connectivity index (χ0n) is 14.2.